The third kappa shape index (κ3) is 6.78. The lowest BCUT2D eigenvalue weighted by Crippen LogP contribution is -2.43. The van der Waals surface area contributed by atoms with Gasteiger partial charge in [0.2, 0.25) is 0 Å². The number of hydrogen-bond acceptors (Lipinski definition) is 4. The summed E-state index contributed by atoms with van der Waals surface area (Å²) in [6.07, 6.45) is 4.52. The molecule has 1 aromatic rings. The van der Waals surface area contributed by atoms with Crippen LogP contribution in [-0.4, -0.2) is 49.1 Å². The molecular weight excluding hydrogens is 409 g/mol. The Balaban J connectivity index is 0.00000242. The predicted molar refractivity (Wildman–Crippen MR) is 105 cm³/mol. The molecule has 0 radical (unpaired) electrons. The van der Waals surface area contributed by atoms with Gasteiger partial charge in [-0.1, -0.05) is 0 Å². The Morgan fingerprint density at radius 2 is 2.32 bits per heavy atom. The van der Waals surface area contributed by atoms with Crippen LogP contribution in [0.1, 0.15) is 29.7 Å². The molecule has 0 aliphatic carbocycles. The van der Waals surface area contributed by atoms with E-state index in [0.29, 0.717) is 6.54 Å². The largest absolute Gasteiger partial charge is 0.357 e. The Kier molecular flexibility index (Phi) is 9.27. The molecule has 1 fully saturated rings. The minimum atomic E-state index is 0. The SMILES string of the molecule is CCNC(=NCc1ncc(C)s1)NCC1CCCN(C)C1.I. The number of nitrogens with one attached hydrogen (secondary N) is 2. The minimum Gasteiger partial charge on any atom is -0.357 e. The van der Waals surface area contributed by atoms with Crippen molar-refractivity contribution in [2.45, 2.75) is 33.2 Å². The van der Waals surface area contributed by atoms with E-state index in [0.717, 1.165) is 30.0 Å². The van der Waals surface area contributed by atoms with Gasteiger partial charge in [0.05, 0.1) is 6.54 Å². The lowest BCUT2D eigenvalue weighted by atomic mass is 9.99. The maximum Gasteiger partial charge on any atom is 0.191 e. The van der Waals surface area contributed by atoms with Crippen LogP contribution in [0.3, 0.4) is 0 Å². The molecule has 0 saturated carbocycles. The summed E-state index contributed by atoms with van der Waals surface area (Å²) in [4.78, 5) is 12.6. The maximum atomic E-state index is 4.63. The van der Waals surface area contributed by atoms with E-state index in [-0.39, 0.29) is 24.0 Å². The monoisotopic (exact) mass is 437 g/mol. The summed E-state index contributed by atoms with van der Waals surface area (Å²) in [7, 11) is 2.20. The van der Waals surface area contributed by atoms with Crippen LogP contribution in [0.4, 0.5) is 0 Å². The number of hydrogen-bond donors (Lipinski definition) is 2. The molecular formula is C15H28IN5S. The number of aromatic nitrogens is 1. The van der Waals surface area contributed by atoms with Crippen LogP contribution < -0.4 is 10.6 Å². The van der Waals surface area contributed by atoms with Gasteiger partial charge >= 0.3 is 0 Å². The molecule has 1 aliphatic rings. The summed E-state index contributed by atoms with van der Waals surface area (Å²) in [6.45, 7) is 9.11. The van der Waals surface area contributed by atoms with Crippen LogP contribution >= 0.6 is 35.3 Å². The molecule has 126 valence electrons. The number of likely N-dealkylation sites (tertiary alicyclic amines) is 1. The van der Waals surface area contributed by atoms with Crippen LogP contribution in [0.5, 0.6) is 0 Å². The zero-order valence-corrected chi connectivity index (χ0v) is 16.9. The minimum absolute atomic E-state index is 0. The van der Waals surface area contributed by atoms with Crippen molar-refractivity contribution in [2.24, 2.45) is 10.9 Å². The van der Waals surface area contributed by atoms with Crippen molar-refractivity contribution in [1.29, 1.82) is 0 Å². The number of thiazole rings is 1. The van der Waals surface area contributed by atoms with E-state index in [2.05, 4.69) is 46.4 Å². The molecule has 2 rings (SSSR count). The van der Waals surface area contributed by atoms with Gasteiger partial charge in [0.15, 0.2) is 5.96 Å². The molecule has 2 heterocycles. The lowest BCUT2D eigenvalue weighted by molar-refractivity contribution is 0.210. The van der Waals surface area contributed by atoms with E-state index in [4.69, 9.17) is 0 Å². The number of rotatable bonds is 5. The highest BCUT2D eigenvalue weighted by Crippen LogP contribution is 2.14. The molecule has 22 heavy (non-hydrogen) atoms. The molecule has 0 bridgehead atoms. The second-order valence-corrected chi connectivity index (χ2v) is 7.03. The summed E-state index contributed by atoms with van der Waals surface area (Å²) >= 11 is 1.71. The normalized spacial score (nSPS) is 19.6. The second-order valence-electron chi connectivity index (χ2n) is 5.71. The topological polar surface area (TPSA) is 52.6 Å². The van der Waals surface area contributed by atoms with Crippen LogP contribution in [-0.2, 0) is 6.54 Å². The molecule has 1 aliphatic heterocycles. The lowest BCUT2D eigenvalue weighted by Gasteiger charge is -2.30. The molecule has 0 aromatic carbocycles. The van der Waals surface area contributed by atoms with Gasteiger partial charge in [0, 0.05) is 30.7 Å². The summed E-state index contributed by atoms with van der Waals surface area (Å²) in [5, 5.41) is 7.86. The van der Waals surface area contributed by atoms with Gasteiger partial charge < -0.3 is 15.5 Å². The Morgan fingerprint density at radius 3 is 2.95 bits per heavy atom. The second kappa shape index (κ2) is 10.4. The Hall–Kier alpha value is -0.410. The van der Waals surface area contributed by atoms with Gasteiger partial charge in [-0.15, -0.1) is 35.3 Å². The van der Waals surface area contributed by atoms with Crippen LogP contribution in [0.2, 0.25) is 0 Å². The summed E-state index contributed by atoms with van der Waals surface area (Å²) in [6, 6.07) is 0. The van der Waals surface area contributed by atoms with Gasteiger partial charge in [-0.2, -0.15) is 0 Å². The Bertz CT molecular complexity index is 463. The number of guanidine groups is 1. The number of piperidine rings is 1. The highest BCUT2D eigenvalue weighted by Gasteiger charge is 2.17. The molecule has 0 spiro atoms. The molecule has 5 nitrogen and oxygen atoms in total. The third-order valence-electron chi connectivity index (χ3n) is 3.67. The molecule has 7 heteroatoms. The molecule has 1 saturated heterocycles. The van der Waals surface area contributed by atoms with Crippen molar-refractivity contribution in [3.8, 4) is 0 Å². The van der Waals surface area contributed by atoms with Crippen molar-refractivity contribution < 1.29 is 0 Å². The van der Waals surface area contributed by atoms with Gasteiger partial charge in [0.25, 0.3) is 0 Å². The first-order valence-corrected chi connectivity index (χ1v) is 8.61. The van der Waals surface area contributed by atoms with Crippen LogP contribution in [0.25, 0.3) is 0 Å². The van der Waals surface area contributed by atoms with Crippen molar-refractivity contribution in [1.82, 2.24) is 20.5 Å². The number of aryl methyl sites for hydroxylation is 1. The van der Waals surface area contributed by atoms with Crippen molar-refractivity contribution in [2.75, 3.05) is 33.2 Å². The maximum absolute atomic E-state index is 4.63. The number of halogens is 1. The number of nitrogens with zero attached hydrogens (tertiary/aromatic N) is 3. The fourth-order valence-electron chi connectivity index (χ4n) is 2.64. The van der Waals surface area contributed by atoms with Gasteiger partial charge in [-0.3, -0.25) is 0 Å². The van der Waals surface area contributed by atoms with E-state index in [1.807, 2.05) is 6.20 Å². The summed E-state index contributed by atoms with van der Waals surface area (Å²) in [5.74, 6) is 1.62. The van der Waals surface area contributed by atoms with Gasteiger partial charge in [-0.25, -0.2) is 9.98 Å². The standard InChI is InChI=1S/C15H27N5S.HI/c1-4-16-15(19-10-14-17-8-12(2)21-14)18-9-13-6-5-7-20(3)11-13;/h8,13H,4-7,9-11H2,1-3H3,(H2,16,18,19);1H. The fraction of sp³-hybridized carbons (Fsp3) is 0.733. The van der Waals surface area contributed by atoms with Crippen LogP contribution in [0.15, 0.2) is 11.2 Å². The highest BCUT2D eigenvalue weighted by atomic mass is 127. The number of aliphatic imine (C=N–C) groups is 1. The predicted octanol–water partition coefficient (Wildman–Crippen LogP) is 2.47. The van der Waals surface area contributed by atoms with Gasteiger partial charge in [-0.05, 0) is 46.2 Å². The zero-order valence-electron chi connectivity index (χ0n) is 13.8. The molecule has 1 aromatic heterocycles. The first-order chi connectivity index (χ1) is 10.2. The Labute approximate surface area is 155 Å². The fourth-order valence-corrected chi connectivity index (χ4v) is 3.36. The van der Waals surface area contributed by atoms with Crippen molar-refractivity contribution in [3.05, 3.63) is 16.1 Å². The average Bonchev–Trinajstić information content (AvgIpc) is 2.88. The van der Waals surface area contributed by atoms with Crippen molar-refractivity contribution in [3.63, 3.8) is 0 Å². The smallest absolute Gasteiger partial charge is 0.191 e. The average molecular weight is 437 g/mol. The molecule has 0 amide bonds. The van der Waals surface area contributed by atoms with Gasteiger partial charge in [0.1, 0.15) is 5.01 Å². The van der Waals surface area contributed by atoms with E-state index >= 15 is 0 Å². The first kappa shape index (κ1) is 19.6. The van der Waals surface area contributed by atoms with Crippen molar-refractivity contribution >= 4 is 41.3 Å². The van der Waals surface area contributed by atoms with E-state index < -0.39 is 0 Å². The van der Waals surface area contributed by atoms with Crippen LogP contribution in [0, 0.1) is 12.8 Å². The zero-order chi connectivity index (χ0) is 15.1. The van der Waals surface area contributed by atoms with E-state index in [1.54, 1.807) is 11.3 Å². The molecule has 1 atom stereocenters. The summed E-state index contributed by atoms with van der Waals surface area (Å²) in [5.41, 5.74) is 0. The quantitative estimate of drug-likeness (QED) is 0.422. The van der Waals surface area contributed by atoms with E-state index in [1.165, 1.54) is 30.8 Å². The molecule has 2 N–H and O–H groups in total. The molecule has 1 unspecified atom stereocenters. The first-order valence-electron chi connectivity index (χ1n) is 7.79. The van der Waals surface area contributed by atoms with E-state index in [9.17, 15) is 0 Å². The Morgan fingerprint density at radius 1 is 1.50 bits per heavy atom. The summed E-state index contributed by atoms with van der Waals surface area (Å²) < 4.78 is 0. The highest BCUT2D eigenvalue weighted by molar-refractivity contribution is 14.0. The third-order valence-corrected chi connectivity index (χ3v) is 4.56.